The summed E-state index contributed by atoms with van der Waals surface area (Å²) in [6, 6.07) is 56.2. The molecule has 6 aromatic rings. The van der Waals surface area contributed by atoms with Crippen LogP contribution < -0.4 is 33.6 Å². The Labute approximate surface area is 280 Å². The molecule has 0 aliphatic heterocycles. The first-order valence-electron chi connectivity index (χ1n) is 14.0. The standard InChI is InChI=1S/2C13H13.C12H10Ge.2ClH.Zr/c2*1-2-11-6-5-9-13(10-11)12-7-3-4-8-12;1-3-7-11(8-4-1)13-12-9-5-2-6-10-12;;;/h2*3-10H,2H2,1H3;1-10H;2*1H;/q2*-1;;;;+2/p-2. The van der Waals surface area contributed by atoms with Crippen molar-refractivity contribution < 1.29 is 46.4 Å². The van der Waals surface area contributed by atoms with E-state index < -0.39 is 9.98 Å². The molecular weight excluding hydrogens is 691 g/mol. The van der Waals surface area contributed by atoms with Crippen molar-refractivity contribution in [3.63, 3.8) is 0 Å². The zero-order valence-electron chi connectivity index (χ0n) is 24.2. The normalized spacial score (nSPS) is 9.62. The molecule has 212 valence electrons. The number of aryl methyl sites for hydroxylation is 2. The van der Waals surface area contributed by atoms with Crippen molar-refractivity contribution in [2.75, 3.05) is 0 Å². The third-order valence-electron chi connectivity index (χ3n) is 6.79. The summed E-state index contributed by atoms with van der Waals surface area (Å²) in [5.41, 5.74) is 8.08. The molecule has 0 aliphatic rings. The Morgan fingerprint density at radius 3 is 1.17 bits per heavy atom. The van der Waals surface area contributed by atoms with Crippen molar-refractivity contribution in [1.29, 1.82) is 0 Å². The van der Waals surface area contributed by atoms with Crippen LogP contribution in [-0.2, 0) is 34.4 Å². The molecule has 0 saturated heterocycles. The van der Waals surface area contributed by atoms with Gasteiger partial charge in [0.15, 0.2) is 0 Å². The van der Waals surface area contributed by atoms with E-state index in [1.165, 1.54) is 33.4 Å². The van der Waals surface area contributed by atoms with Crippen LogP contribution in [0.25, 0.3) is 22.3 Å². The summed E-state index contributed by atoms with van der Waals surface area (Å²) in [5, 5.41) is 0. The van der Waals surface area contributed by atoms with Crippen LogP contribution in [0.4, 0.5) is 0 Å². The molecule has 0 nitrogen and oxygen atoms in total. The Kier molecular flexibility index (Phi) is 16.8. The van der Waals surface area contributed by atoms with Crippen molar-refractivity contribution in [2.24, 2.45) is 0 Å². The van der Waals surface area contributed by atoms with Crippen LogP contribution in [0.3, 0.4) is 0 Å². The van der Waals surface area contributed by atoms with Gasteiger partial charge in [-0.3, -0.25) is 0 Å². The van der Waals surface area contributed by atoms with Crippen LogP contribution in [0.1, 0.15) is 25.0 Å². The topological polar surface area (TPSA) is 0 Å². The summed E-state index contributed by atoms with van der Waals surface area (Å²) in [6.45, 7) is 4.37. The van der Waals surface area contributed by atoms with Gasteiger partial charge in [0.2, 0.25) is 0 Å². The molecule has 0 amide bonds. The van der Waals surface area contributed by atoms with Crippen molar-refractivity contribution in [3.05, 3.63) is 169 Å². The average molecular weight is 727 g/mol. The van der Waals surface area contributed by atoms with Crippen LogP contribution >= 0.6 is 0 Å². The zero-order chi connectivity index (χ0) is 28.0. The van der Waals surface area contributed by atoms with Gasteiger partial charge in [0, 0.05) is 0 Å². The second kappa shape index (κ2) is 19.7. The molecule has 0 unspecified atom stereocenters. The number of halogens is 2. The Balaban J connectivity index is 0.000000215. The van der Waals surface area contributed by atoms with Crippen molar-refractivity contribution in [2.45, 2.75) is 26.7 Å². The van der Waals surface area contributed by atoms with Gasteiger partial charge in [0.25, 0.3) is 0 Å². The third-order valence-corrected chi connectivity index (χ3v) is 18.0. The molecule has 0 heterocycles. The van der Waals surface area contributed by atoms with Gasteiger partial charge in [-0.25, -0.2) is 0 Å². The number of hydrogen-bond acceptors (Lipinski definition) is 0. The molecule has 6 rings (SSSR count). The van der Waals surface area contributed by atoms with Gasteiger partial charge >= 0.3 is 101 Å². The Morgan fingerprint density at radius 1 is 0.476 bits per heavy atom. The first kappa shape index (κ1) is 35.8. The predicted octanol–water partition coefficient (Wildman–Crippen LogP) is 2.62. The molecule has 6 aromatic carbocycles. The molecule has 0 aromatic heterocycles. The van der Waals surface area contributed by atoms with Gasteiger partial charge in [-0.05, 0) is 12.8 Å². The van der Waals surface area contributed by atoms with E-state index in [0.717, 1.165) is 12.8 Å². The first-order valence-corrected chi connectivity index (χ1v) is 23.5. The van der Waals surface area contributed by atoms with Crippen molar-refractivity contribution in [3.8, 4) is 22.3 Å². The van der Waals surface area contributed by atoms with Crippen LogP contribution in [0.15, 0.2) is 158 Å². The van der Waals surface area contributed by atoms with E-state index in [9.17, 15) is 0 Å². The van der Waals surface area contributed by atoms with E-state index in [-0.39, 0.29) is 24.8 Å². The van der Waals surface area contributed by atoms with Crippen molar-refractivity contribution in [1.82, 2.24) is 0 Å². The number of benzene rings is 4. The van der Waals surface area contributed by atoms with Crippen LogP contribution in [0, 0.1) is 0 Å². The zero-order valence-corrected chi connectivity index (χ0v) is 30.2. The molecule has 0 saturated carbocycles. The quantitative estimate of drug-likeness (QED) is 0.183. The van der Waals surface area contributed by atoms with E-state index >= 15 is 0 Å². The summed E-state index contributed by atoms with van der Waals surface area (Å²) in [7, 11) is -1.11. The van der Waals surface area contributed by atoms with Crippen LogP contribution in [0.2, 0.25) is 0 Å². The molecule has 0 fully saturated rings. The fourth-order valence-corrected chi connectivity index (χ4v) is 11.6. The molecule has 0 spiro atoms. The number of hydrogen-bond donors (Lipinski definition) is 0. The molecule has 0 radical (unpaired) electrons. The van der Waals surface area contributed by atoms with Gasteiger partial charge in [-0.2, -0.15) is 24.3 Å². The maximum absolute atomic E-state index is 2.27. The third kappa shape index (κ3) is 11.0. The Hall–Kier alpha value is -2.41. The van der Waals surface area contributed by atoms with Gasteiger partial charge in [-0.15, -0.1) is 59.7 Å². The summed E-state index contributed by atoms with van der Waals surface area (Å²) in [6.07, 6.45) is 2.21. The Morgan fingerprint density at radius 2 is 0.833 bits per heavy atom. The maximum atomic E-state index is 2.27. The minimum absolute atomic E-state index is 0. The molecule has 0 atom stereocenters. The van der Waals surface area contributed by atoms with Gasteiger partial charge in [0.05, 0.1) is 0 Å². The van der Waals surface area contributed by atoms with E-state index in [1.54, 1.807) is 30.4 Å². The average Bonchev–Trinajstić information content (AvgIpc) is 3.78. The predicted molar refractivity (Wildman–Crippen MR) is 172 cm³/mol. The fourth-order valence-electron chi connectivity index (χ4n) is 4.45. The Bertz CT molecular complexity index is 1440. The minimum atomic E-state index is -1.11. The molecule has 0 bridgehead atoms. The second-order valence-corrected chi connectivity index (χ2v) is 19.9. The molecular formula is C38H36Cl2GeZr-2. The monoisotopic (exact) mass is 726 g/mol. The first-order chi connectivity index (χ1) is 19.7. The van der Waals surface area contributed by atoms with Crippen LogP contribution in [-0.4, -0.2) is 9.98 Å². The van der Waals surface area contributed by atoms with Gasteiger partial charge in [-0.1, -0.05) is 60.4 Å². The SMILES string of the molecule is CCc1cccc(-[c-]2cccc2)c1.CCc1cccc(-[c-]2cccc2)c1.[Cl-].[Cl-].[Zr+2]=[Ge]([c]1ccccc1)[c]1ccccc1. The summed E-state index contributed by atoms with van der Waals surface area (Å²) >= 11 is 1.71. The molecule has 4 heteroatoms. The second-order valence-electron chi connectivity index (χ2n) is 9.56. The fraction of sp³-hybridized carbons (Fsp3) is 0.105. The van der Waals surface area contributed by atoms with E-state index in [0.29, 0.717) is 0 Å². The van der Waals surface area contributed by atoms with Crippen molar-refractivity contribution >= 4 is 18.8 Å². The van der Waals surface area contributed by atoms with E-state index in [2.05, 4.69) is 172 Å². The summed E-state index contributed by atoms with van der Waals surface area (Å²) < 4.78 is 3.16. The van der Waals surface area contributed by atoms with Gasteiger partial charge < -0.3 is 24.8 Å². The molecule has 0 N–H and O–H groups in total. The number of rotatable bonds is 6. The van der Waals surface area contributed by atoms with E-state index in [1.807, 2.05) is 0 Å². The molecule has 42 heavy (non-hydrogen) atoms. The molecule has 0 aliphatic carbocycles. The van der Waals surface area contributed by atoms with Gasteiger partial charge in [0.1, 0.15) is 0 Å². The summed E-state index contributed by atoms with van der Waals surface area (Å²) in [4.78, 5) is 0. The summed E-state index contributed by atoms with van der Waals surface area (Å²) in [5.74, 6) is 0. The van der Waals surface area contributed by atoms with E-state index in [4.69, 9.17) is 0 Å². The van der Waals surface area contributed by atoms with Crippen LogP contribution in [0.5, 0.6) is 0 Å².